The molecule has 0 heterocycles. The van der Waals surface area contributed by atoms with Crippen LogP contribution in [0.5, 0.6) is 0 Å². The largest absolute Gasteiger partial charge is 0.379 e. The normalized spacial score (nSPS) is 13.0. The number of hydrogen-bond acceptors (Lipinski definition) is 4. The lowest BCUT2D eigenvalue weighted by atomic mass is 9.98. The molecule has 0 radical (unpaired) electrons. The van der Waals surface area contributed by atoms with Gasteiger partial charge in [-0.2, -0.15) is 0 Å². The first kappa shape index (κ1) is 16.2. The molecule has 0 atom stereocenters. The van der Waals surface area contributed by atoms with E-state index in [1.54, 1.807) is 13.8 Å². The second kappa shape index (κ2) is 7.48. The third-order valence-electron chi connectivity index (χ3n) is 1.78. The topological polar surface area (TPSA) is 52.6 Å². The molecule has 0 saturated carbocycles. The van der Waals surface area contributed by atoms with Crippen LogP contribution in [0.25, 0.3) is 0 Å². The Morgan fingerprint density at radius 1 is 1.12 bits per heavy atom. The molecule has 0 fully saturated rings. The maximum absolute atomic E-state index is 10.9. The smallest absolute Gasteiger partial charge is 0.233 e. The minimum absolute atomic E-state index is 0.0859. The first-order chi connectivity index (χ1) is 7.27. The van der Waals surface area contributed by atoms with Crippen molar-refractivity contribution in [3.63, 3.8) is 0 Å². The number of ether oxygens (including phenoxy) is 2. The molecule has 0 aromatic carbocycles. The molecule has 98 valence electrons. The predicted molar refractivity (Wildman–Crippen MR) is 65.3 cm³/mol. The zero-order valence-corrected chi connectivity index (χ0v) is 11.7. The Labute approximate surface area is 103 Å². The van der Waals surface area contributed by atoms with Gasteiger partial charge in [-0.15, -0.1) is 0 Å². The predicted octanol–water partition coefficient (Wildman–Crippen LogP) is 2.02. The van der Waals surface area contributed by atoms with Crippen molar-refractivity contribution in [1.82, 2.24) is 0 Å². The van der Waals surface area contributed by atoms with Gasteiger partial charge >= 0.3 is 0 Å². The number of hydrogen-bond donors (Lipinski definition) is 0. The van der Waals surface area contributed by atoms with Crippen LogP contribution in [0.2, 0.25) is 0 Å². The molecule has 4 nitrogen and oxygen atoms in total. The van der Waals surface area contributed by atoms with E-state index in [1.165, 1.54) is 0 Å². The van der Waals surface area contributed by atoms with Gasteiger partial charge in [0, 0.05) is 22.7 Å². The molecule has 16 heavy (non-hydrogen) atoms. The van der Waals surface area contributed by atoms with E-state index in [2.05, 4.69) is 0 Å². The molecule has 0 aliphatic heterocycles. The molecule has 6 heteroatoms. The van der Waals surface area contributed by atoms with Gasteiger partial charge < -0.3 is 9.47 Å². The van der Waals surface area contributed by atoms with E-state index >= 15 is 0 Å². The summed E-state index contributed by atoms with van der Waals surface area (Å²) in [4.78, 5) is 0. The van der Waals surface area contributed by atoms with Crippen LogP contribution in [0, 0.1) is 5.41 Å². The quantitative estimate of drug-likeness (QED) is 0.476. The van der Waals surface area contributed by atoms with Gasteiger partial charge in [-0.25, -0.2) is 8.42 Å². The first-order valence-corrected chi connectivity index (χ1v) is 7.82. The molecular formula is C10H21ClO4S. The van der Waals surface area contributed by atoms with Crippen molar-refractivity contribution in [2.45, 2.75) is 27.2 Å². The SMILES string of the molecule is CCCOCCOCC(C)(C)CS(=O)(=O)Cl. The summed E-state index contributed by atoms with van der Waals surface area (Å²) in [6.45, 7) is 7.75. The summed E-state index contributed by atoms with van der Waals surface area (Å²) in [7, 11) is 1.72. The van der Waals surface area contributed by atoms with Crippen molar-refractivity contribution < 1.29 is 17.9 Å². The van der Waals surface area contributed by atoms with Gasteiger partial charge in [0.15, 0.2) is 0 Å². The Bertz CT molecular complexity index is 275. The Morgan fingerprint density at radius 2 is 1.69 bits per heavy atom. The molecule has 0 amide bonds. The Morgan fingerprint density at radius 3 is 2.19 bits per heavy atom. The Kier molecular flexibility index (Phi) is 7.55. The lowest BCUT2D eigenvalue weighted by molar-refractivity contribution is 0.0204. The highest BCUT2D eigenvalue weighted by Crippen LogP contribution is 2.20. The van der Waals surface area contributed by atoms with Gasteiger partial charge in [-0.1, -0.05) is 20.8 Å². The molecule has 0 bridgehead atoms. The van der Waals surface area contributed by atoms with E-state index in [1.807, 2.05) is 6.92 Å². The summed E-state index contributed by atoms with van der Waals surface area (Å²) in [6.07, 6.45) is 0.982. The van der Waals surface area contributed by atoms with Crippen LogP contribution >= 0.6 is 10.7 Å². The highest BCUT2D eigenvalue weighted by Gasteiger charge is 2.25. The average molecular weight is 273 g/mol. The fraction of sp³-hybridized carbons (Fsp3) is 1.00. The van der Waals surface area contributed by atoms with Crippen molar-refractivity contribution in [1.29, 1.82) is 0 Å². The zero-order chi connectivity index (χ0) is 12.7. The molecule has 0 aliphatic rings. The van der Waals surface area contributed by atoms with Crippen molar-refractivity contribution in [3.05, 3.63) is 0 Å². The van der Waals surface area contributed by atoms with Crippen LogP contribution in [-0.4, -0.2) is 40.6 Å². The van der Waals surface area contributed by atoms with Crippen LogP contribution in [0.15, 0.2) is 0 Å². The van der Waals surface area contributed by atoms with E-state index in [-0.39, 0.29) is 5.75 Å². The van der Waals surface area contributed by atoms with E-state index in [0.717, 1.165) is 13.0 Å². The maximum Gasteiger partial charge on any atom is 0.233 e. The van der Waals surface area contributed by atoms with Gasteiger partial charge in [0.2, 0.25) is 9.05 Å². The summed E-state index contributed by atoms with van der Waals surface area (Å²) in [5.74, 6) is -0.0859. The van der Waals surface area contributed by atoms with E-state index in [0.29, 0.717) is 19.8 Å². The van der Waals surface area contributed by atoms with Crippen molar-refractivity contribution in [2.75, 3.05) is 32.2 Å². The monoisotopic (exact) mass is 272 g/mol. The third kappa shape index (κ3) is 10.7. The standard InChI is InChI=1S/C10H21ClO4S/c1-4-5-14-6-7-15-8-10(2,3)9-16(11,12)13/h4-9H2,1-3H3. The molecule has 0 aromatic heterocycles. The fourth-order valence-corrected chi connectivity index (χ4v) is 3.12. The Hall–Kier alpha value is 0.160. The van der Waals surface area contributed by atoms with Crippen molar-refractivity contribution in [2.24, 2.45) is 5.41 Å². The van der Waals surface area contributed by atoms with E-state index in [9.17, 15) is 8.42 Å². The van der Waals surface area contributed by atoms with Crippen LogP contribution < -0.4 is 0 Å². The molecule has 0 saturated heterocycles. The van der Waals surface area contributed by atoms with Gasteiger partial charge in [-0.3, -0.25) is 0 Å². The van der Waals surface area contributed by atoms with Crippen LogP contribution in [-0.2, 0) is 18.5 Å². The summed E-state index contributed by atoms with van der Waals surface area (Å²) in [6, 6.07) is 0. The van der Waals surface area contributed by atoms with E-state index in [4.69, 9.17) is 20.2 Å². The summed E-state index contributed by atoms with van der Waals surface area (Å²) in [5.41, 5.74) is -0.467. The second-order valence-corrected chi connectivity index (χ2v) is 7.29. The van der Waals surface area contributed by atoms with Gasteiger partial charge in [0.05, 0.1) is 25.6 Å². The third-order valence-corrected chi connectivity index (χ3v) is 3.23. The van der Waals surface area contributed by atoms with Crippen LogP contribution in [0.1, 0.15) is 27.2 Å². The lowest BCUT2D eigenvalue weighted by Gasteiger charge is -2.22. The molecule has 0 aliphatic carbocycles. The van der Waals surface area contributed by atoms with Crippen LogP contribution in [0.3, 0.4) is 0 Å². The molecular weight excluding hydrogens is 252 g/mol. The maximum atomic E-state index is 10.9. The minimum atomic E-state index is -3.47. The summed E-state index contributed by atoms with van der Waals surface area (Å²) < 4.78 is 32.4. The molecule has 0 spiro atoms. The second-order valence-electron chi connectivity index (χ2n) is 4.51. The highest BCUT2D eigenvalue weighted by atomic mass is 35.7. The van der Waals surface area contributed by atoms with Crippen LogP contribution in [0.4, 0.5) is 0 Å². The van der Waals surface area contributed by atoms with Gasteiger partial charge in [-0.05, 0) is 6.42 Å². The van der Waals surface area contributed by atoms with Crippen molar-refractivity contribution in [3.8, 4) is 0 Å². The number of rotatable bonds is 9. The zero-order valence-electron chi connectivity index (χ0n) is 10.2. The molecule has 0 unspecified atom stereocenters. The van der Waals surface area contributed by atoms with Crippen molar-refractivity contribution >= 4 is 19.7 Å². The van der Waals surface area contributed by atoms with Gasteiger partial charge in [0.25, 0.3) is 0 Å². The summed E-state index contributed by atoms with van der Waals surface area (Å²) in [5, 5.41) is 0. The summed E-state index contributed by atoms with van der Waals surface area (Å²) >= 11 is 0. The number of halogens is 1. The lowest BCUT2D eigenvalue weighted by Crippen LogP contribution is -2.27. The average Bonchev–Trinajstić information content (AvgIpc) is 2.06. The molecule has 0 rings (SSSR count). The fourth-order valence-electron chi connectivity index (χ4n) is 1.22. The van der Waals surface area contributed by atoms with E-state index < -0.39 is 14.5 Å². The van der Waals surface area contributed by atoms with Gasteiger partial charge in [0.1, 0.15) is 0 Å². The minimum Gasteiger partial charge on any atom is -0.379 e. The molecule has 0 N–H and O–H groups in total. The first-order valence-electron chi connectivity index (χ1n) is 5.35. The Balaban J connectivity index is 3.66. The molecule has 0 aromatic rings. The highest BCUT2D eigenvalue weighted by molar-refractivity contribution is 8.13.